The highest BCUT2D eigenvalue weighted by molar-refractivity contribution is 5.94. The summed E-state index contributed by atoms with van der Waals surface area (Å²) in [5, 5.41) is 0. The van der Waals surface area contributed by atoms with Gasteiger partial charge in [-0.3, -0.25) is 9.78 Å². The Morgan fingerprint density at radius 1 is 1.21 bits per heavy atom. The van der Waals surface area contributed by atoms with Crippen molar-refractivity contribution in [1.82, 2.24) is 9.88 Å². The Labute approximate surface area is 142 Å². The zero-order valence-corrected chi connectivity index (χ0v) is 14.0. The van der Waals surface area contributed by atoms with Crippen LogP contribution in [0.25, 0.3) is 11.1 Å². The Kier molecular flexibility index (Phi) is 5.24. The second kappa shape index (κ2) is 7.56. The zero-order valence-electron chi connectivity index (χ0n) is 14.0. The smallest absolute Gasteiger partial charge is 0.253 e. The Hall–Kier alpha value is -2.23. The number of hydrogen-bond donors (Lipinski definition) is 0. The van der Waals surface area contributed by atoms with Crippen LogP contribution in [-0.2, 0) is 0 Å². The van der Waals surface area contributed by atoms with Crippen LogP contribution in [0.15, 0.2) is 42.7 Å². The minimum Gasteiger partial charge on any atom is -0.339 e. The van der Waals surface area contributed by atoms with Crippen molar-refractivity contribution in [3.05, 3.63) is 54.1 Å². The molecule has 0 saturated carbocycles. The van der Waals surface area contributed by atoms with Crippen LogP contribution in [0.3, 0.4) is 0 Å². The molecular weight excluding hydrogens is 303 g/mol. The van der Waals surface area contributed by atoms with E-state index in [1.807, 2.05) is 4.90 Å². The van der Waals surface area contributed by atoms with Crippen molar-refractivity contribution < 1.29 is 9.18 Å². The van der Waals surface area contributed by atoms with Crippen LogP contribution >= 0.6 is 0 Å². The summed E-state index contributed by atoms with van der Waals surface area (Å²) in [4.78, 5) is 18.4. The number of likely N-dealkylation sites (tertiary alicyclic amines) is 1. The summed E-state index contributed by atoms with van der Waals surface area (Å²) in [6.45, 7) is 3.88. The number of benzene rings is 1. The lowest BCUT2D eigenvalue weighted by Crippen LogP contribution is -2.32. The number of halogens is 1. The van der Waals surface area contributed by atoms with Crippen molar-refractivity contribution in [1.29, 1.82) is 0 Å². The minimum atomic E-state index is -0.352. The summed E-state index contributed by atoms with van der Waals surface area (Å²) in [5.41, 5.74) is 1.93. The molecule has 126 valence electrons. The molecule has 1 fully saturated rings. The van der Waals surface area contributed by atoms with Crippen LogP contribution in [-0.4, -0.2) is 28.9 Å². The molecule has 0 aliphatic carbocycles. The van der Waals surface area contributed by atoms with Crippen LogP contribution in [0.2, 0.25) is 0 Å². The molecule has 24 heavy (non-hydrogen) atoms. The molecule has 3 nitrogen and oxygen atoms in total. The molecular formula is C20H23FN2O. The largest absolute Gasteiger partial charge is 0.339 e. The van der Waals surface area contributed by atoms with Crippen LogP contribution < -0.4 is 0 Å². The van der Waals surface area contributed by atoms with E-state index in [4.69, 9.17) is 0 Å². The van der Waals surface area contributed by atoms with Gasteiger partial charge in [0.15, 0.2) is 0 Å². The van der Waals surface area contributed by atoms with Crippen molar-refractivity contribution in [3.8, 4) is 11.1 Å². The van der Waals surface area contributed by atoms with Crippen molar-refractivity contribution in [2.24, 2.45) is 5.92 Å². The maximum absolute atomic E-state index is 13.8. The molecule has 1 atom stereocenters. The van der Waals surface area contributed by atoms with E-state index in [0.717, 1.165) is 37.4 Å². The Morgan fingerprint density at radius 3 is 2.71 bits per heavy atom. The van der Waals surface area contributed by atoms with E-state index in [1.54, 1.807) is 36.5 Å². The lowest BCUT2D eigenvalue weighted by molar-refractivity contribution is 0.0760. The maximum Gasteiger partial charge on any atom is 0.253 e. The van der Waals surface area contributed by atoms with Crippen LogP contribution in [0.5, 0.6) is 0 Å². The van der Waals surface area contributed by atoms with E-state index >= 15 is 0 Å². The van der Waals surface area contributed by atoms with E-state index in [-0.39, 0.29) is 11.7 Å². The van der Waals surface area contributed by atoms with Crippen molar-refractivity contribution in [3.63, 3.8) is 0 Å². The number of hydrogen-bond acceptors (Lipinski definition) is 2. The number of pyridine rings is 1. The van der Waals surface area contributed by atoms with Gasteiger partial charge in [0.05, 0.1) is 6.20 Å². The van der Waals surface area contributed by atoms with Gasteiger partial charge < -0.3 is 4.90 Å². The number of rotatable bonds is 3. The van der Waals surface area contributed by atoms with Gasteiger partial charge in [0.25, 0.3) is 5.91 Å². The van der Waals surface area contributed by atoms with Crippen molar-refractivity contribution in [2.75, 3.05) is 13.1 Å². The number of carbonyl (C=O) groups excluding carboxylic acids is 1. The van der Waals surface area contributed by atoms with Crippen LogP contribution in [0, 0.1) is 11.7 Å². The molecule has 1 aliphatic rings. The quantitative estimate of drug-likeness (QED) is 0.829. The molecule has 1 aliphatic heterocycles. The SMILES string of the molecule is CC[C@@H]1CCCN(C(=O)c2ccc(-c3ccncc3F)cc2)CC1. The third kappa shape index (κ3) is 3.64. The van der Waals surface area contributed by atoms with Crippen molar-refractivity contribution in [2.45, 2.75) is 32.6 Å². The zero-order chi connectivity index (χ0) is 16.9. The first-order valence-corrected chi connectivity index (χ1v) is 8.68. The molecule has 1 amide bonds. The van der Waals surface area contributed by atoms with Crippen LogP contribution in [0.1, 0.15) is 43.0 Å². The first kappa shape index (κ1) is 16.6. The summed E-state index contributed by atoms with van der Waals surface area (Å²) < 4.78 is 13.8. The average Bonchev–Trinajstić information content (AvgIpc) is 2.87. The Balaban J connectivity index is 1.73. The maximum atomic E-state index is 13.8. The Bertz CT molecular complexity index is 699. The van der Waals surface area contributed by atoms with E-state index in [9.17, 15) is 9.18 Å². The van der Waals surface area contributed by atoms with Gasteiger partial charge in [-0.25, -0.2) is 4.39 Å². The molecule has 1 aromatic heterocycles. The lowest BCUT2D eigenvalue weighted by Gasteiger charge is -2.20. The predicted molar refractivity (Wildman–Crippen MR) is 93.2 cm³/mol. The topological polar surface area (TPSA) is 33.2 Å². The third-order valence-corrected chi connectivity index (χ3v) is 4.93. The number of nitrogens with zero attached hydrogens (tertiary/aromatic N) is 2. The summed E-state index contributed by atoms with van der Waals surface area (Å²) in [5.74, 6) is 0.461. The highest BCUT2D eigenvalue weighted by atomic mass is 19.1. The Morgan fingerprint density at radius 2 is 2.00 bits per heavy atom. The first-order chi connectivity index (χ1) is 11.7. The van der Waals surface area contributed by atoms with Gasteiger partial charge in [-0.15, -0.1) is 0 Å². The van der Waals surface area contributed by atoms with Gasteiger partial charge in [-0.2, -0.15) is 0 Å². The monoisotopic (exact) mass is 326 g/mol. The standard InChI is InChI=1S/C20H23FN2O/c1-2-15-4-3-12-23(13-10-15)20(24)17-7-5-16(6-8-17)18-9-11-22-14-19(18)21/h5-9,11,14-15H,2-4,10,12-13H2,1H3/t15-/m1/s1. The molecule has 1 saturated heterocycles. The number of aromatic nitrogens is 1. The summed E-state index contributed by atoms with van der Waals surface area (Å²) in [7, 11) is 0. The third-order valence-electron chi connectivity index (χ3n) is 4.93. The van der Waals surface area contributed by atoms with Gasteiger partial charge in [0.1, 0.15) is 5.82 Å². The van der Waals surface area contributed by atoms with Gasteiger partial charge in [-0.1, -0.05) is 25.5 Å². The molecule has 0 radical (unpaired) electrons. The minimum absolute atomic E-state index is 0.0773. The van der Waals surface area contributed by atoms with Crippen molar-refractivity contribution >= 4 is 5.91 Å². The number of carbonyl (C=O) groups is 1. The molecule has 0 N–H and O–H groups in total. The average molecular weight is 326 g/mol. The second-order valence-electron chi connectivity index (χ2n) is 6.43. The predicted octanol–water partition coefficient (Wildman–Crippen LogP) is 4.54. The van der Waals surface area contributed by atoms with Gasteiger partial charge in [-0.05, 0) is 48.9 Å². The van der Waals surface area contributed by atoms with Gasteiger partial charge >= 0.3 is 0 Å². The lowest BCUT2D eigenvalue weighted by atomic mass is 9.98. The molecule has 0 spiro atoms. The molecule has 0 bridgehead atoms. The normalized spacial score (nSPS) is 18.2. The molecule has 0 unspecified atom stereocenters. The summed E-state index contributed by atoms with van der Waals surface area (Å²) in [6.07, 6.45) is 7.33. The molecule has 2 heterocycles. The van der Waals surface area contributed by atoms with E-state index in [0.29, 0.717) is 11.1 Å². The molecule has 4 heteroatoms. The first-order valence-electron chi connectivity index (χ1n) is 8.68. The molecule has 2 aromatic rings. The van der Waals surface area contributed by atoms with E-state index in [2.05, 4.69) is 11.9 Å². The fraction of sp³-hybridized carbons (Fsp3) is 0.400. The summed E-state index contributed by atoms with van der Waals surface area (Å²) >= 11 is 0. The number of amides is 1. The van der Waals surface area contributed by atoms with Gasteiger partial charge in [0, 0.05) is 30.4 Å². The van der Waals surface area contributed by atoms with Gasteiger partial charge in [0.2, 0.25) is 0 Å². The van der Waals surface area contributed by atoms with E-state index in [1.165, 1.54) is 19.0 Å². The highest BCUT2D eigenvalue weighted by Gasteiger charge is 2.20. The fourth-order valence-electron chi connectivity index (χ4n) is 3.36. The molecule has 3 rings (SSSR count). The summed E-state index contributed by atoms with van der Waals surface area (Å²) in [6, 6.07) is 8.84. The molecule has 1 aromatic carbocycles. The van der Waals surface area contributed by atoms with Crippen LogP contribution in [0.4, 0.5) is 4.39 Å². The van der Waals surface area contributed by atoms with E-state index < -0.39 is 0 Å². The second-order valence-corrected chi connectivity index (χ2v) is 6.43. The fourth-order valence-corrected chi connectivity index (χ4v) is 3.36. The highest BCUT2D eigenvalue weighted by Crippen LogP contribution is 2.24.